The molecule has 0 bridgehead atoms. The predicted molar refractivity (Wildman–Crippen MR) is 68.6 cm³/mol. The van der Waals surface area contributed by atoms with Crippen LogP contribution < -0.4 is 0 Å². The summed E-state index contributed by atoms with van der Waals surface area (Å²) >= 11 is 0. The van der Waals surface area contributed by atoms with Gasteiger partial charge in [0.1, 0.15) is 11.6 Å². The summed E-state index contributed by atoms with van der Waals surface area (Å²) in [6.07, 6.45) is 1.11. The number of benzene rings is 1. The standard InChI is InChI=1S/C14H22FNO/c1-10(2)7-8-16(4)11(3)13-6-5-12(15)9-14(13)17/h5-6,9-11,17H,7-8H2,1-4H3. The second kappa shape index (κ2) is 6.01. The minimum absolute atomic E-state index is 0.0360. The molecule has 0 aliphatic carbocycles. The lowest BCUT2D eigenvalue weighted by molar-refractivity contribution is 0.242. The molecule has 0 aliphatic heterocycles. The van der Waals surface area contributed by atoms with E-state index in [9.17, 15) is 9.50 Å². The molecule has 3 heteroatoms. The molecule has 0 radical (unpaired) electrons. The van der Waals surface area contributed by atoms with Crippen LogP contribution in [-0.2, 0) is 0 Å². The first-order chi connectivity index (χ1) is 7.91. The van der Waals surface area contributed by atoms with Crippen LogP contribution in [0.2, 0.25) is 0 Å². The van der Waals surface area contributed by atoms with Crippen molar-refractivity contribution >= 4 is 0 Å². The van der Waals surface area contributed by atoms with E-state index in [1.807, 2.05) is 14.0 Å². The maximum Gasteiger partial charge on any atom is 0.126 e. The lowest BCUT2D eigenvalue weighted by Crippen LogP contribution is -2.24. The van der Waals surface area contributed by atoms with E-state index in [0.29, 0.717) is 5.92 Å². The second-order valence-corrected chi connectivity index (χ2v) is 5.04. The first-order valence-electron chi connectivity index (χ1n) is 6.10. The molecule has 0 saturated heterocycles. The van der Waals surface area contributed by atoms with Gasteiger partial charge in [0, 0.05) is 17.7 Å². The van der Waals surface area contributed by atoms with E-state index in [-0.39, 0.29) is 11.8 Å². The van der Waals surface area contributed by atoms with Gasteiger partial charge < -0.3 is 5.11 Å². The van der Waals surface area contributed by atoms with Crippen molar-refractivity contribution in [2.24, 2.45) is 5.92 Å². The fourth-order valence-corrected chi connectivity index (χ4v) is 1.76. The topological polar surface area (TPSA) is 23.5 Å². The van der Waals surface area contributed by atoms with Crippen LogP contribution in [0.4, 0.5) is 4.39 Å². The van der Waals surface area contributed by atoms with Gasteiger partial charge in [-0.25, -0.2) is 4.39 Å². The van der Waals surface area contributed by atoms with Crippen LogP contribution in [0.3, 0.4) is 0 Å². The molecule has 0 fully saturated rings. The van der Waals surface area contributed by atoms with Crippen molar-refractivity contribution in [2.75, 3.05) is 13.6 Å². The SMILES string of the molecule is CC(C)CCN(C)C(C)c1ccc(F)cc1O. The molecule has 2 nitrogen and oxygen atoms in total. The first kappa shape index (κ1) is 14.0. The number of aromatic hydroxyl groups is 1. The van der Waals surface area contributed by atoms with E-state index >= 15 is 0 Å². The third-order valence-corrected chi connectivity index (χ3v) is 3.16. The highest BCUT2D eigenvalue weighted by Gasteiger charge is 2.15. The molecule has 0 aromatic heterocycles. The molecule has 1 rings (SSSR count). The normalized spacial score (nSPS) is 13.4. The minimum atomic E-state index is -0.400. The van der Waals surface area contributed by atoms with Crippen LogP contribution in [0.1, 0.15) is 38.8 Å². The van der Waals surface area contributed by atoms with Gasteiger partial charge in [0.15, 0.2) is 0 Å². The third kappa shape index (κ3) is 4.00. The molecule has 0 spiro atoms. The summed E-state index contributed by atoms with van der Waals surface area (Å²) in [6, 6.07) is 4.31. The number of hydrogen-bond acceptors (Lipinski definition) is 2. The zero-order valence-electron chi connectivity index (χ0n) is 11.1. The Kier molecular flexibility index (Phi) is 4.94. The molecule has 0 heterocycles. The van der Waals surface area contributed by atoms with Crippen molar-refractivity contribution in [3.05, 3.63) is 29.6 Å². The largest absolute Gasteiger partial charge is 0.508 e. The fourth-order valence-electron chi connectivity index (χ4n) is 1.76. The Balaban J connectivity index is 2.71. The van der Waals surface area contributed by atoms with Crippen molar-refractivity contribution in [3.63, 3.8) is 0 Å². The molecule has 1 aromatic rings. The minimum Gasteiger partial charge on any atom is -0.508 e. The average Bonchev–Trinajstić information content (AvgIpc) is 2.25. The molecular formula is C14H22FNO. The van der Waals surface area contributed by atoms with Crippen LogP contribution >= 0.6 is 0 Å². The summed E-state index contributed by atoms with van der Waals surface area (Å²) in [5.41, 5.74) is 0.776. The zero-order valence-corrected chi connectivity index (χ0v) is 11.1. The molecule has 1 atom stereocenters. The highest BCUT2D eigenvalue weighted by atomic mass is 19.1. The second-order valence-electron chi connectivity index (χ2n) is 5.04. The number of hydrogen-bond donors (Lipinski definition) is 1. The van der Waals surface area contributed by atoms with Crippen molar-refractivity contribution < 1.29 is 9.50 Å². The van der Waals surface area contributed by atoms with Gasteiger partial charge in [-0.15, -0.1) is 0 Å². The number of nitrogens with zero attached hydrogens (tertiary/aromatic N) is 1. The van der Waals surface area contributed by atoms with Crippen LogP contribution in [-0.4, -0.2) is 23.6 Å². The Labute approximate surface area is 103 Å². The fraction of sp³-hybridized carbons (Fsp3) is 0.571. The van der Waals surface area contributed by atoms with Gasteiger partial charge in [0.05, 0.1) is 0 Å². The summed E-state index contributed by atoms with van der Waals surface area (Å²) in [6.45, 7) is 7.37. The Morgan fingerprint density at radius 3 is 2.47 bits per heavy atom. The van der Waals surface area contributed by atoms with Crippen LogP contribution in [0.15, 0.2) is 18.2 Å². The van der Waals surface area contributed by atoms with Crippen LogP contribution in [0, 0.1) is 11.7 Å². The van der Waals surface area contributed by atoms with E-state index in [0.717, 1.165) is 18.5 Å². The van der Waals surface area contributed by atoms with E-state index < -0.39 is 5.82 Å². The van der Waals surface area contributed by atoms with Gasteiger partial charge in [0.2, 0.25) is 0 Å². The van der Waals surface area contributed by atoms with Gasteiger partial charge in [-0.05, 0) is 38.9 Å². The van der Waals surface area contributed by atoms with E-state index in [1.165, 1.54) is 12.1 Å². The molecule has 1 N–H and O–H groups in total. The quantitative estimate of drug-likeness (QED) is 0.849. The van der Waals surface area contributed by atoms with Crippen molar-refractivity contribution in [3.8, 4) is 5.75 Å². The van der Waals surface area contributed by atoms with E-state index in [1.54, 1.807) is 6.07 Å². The van der Waals surface area contributed by atoms with Crippen LogP contribution in [0.25, 0.3) is 0 Å². The predicted octanol–water partition coefficient (Wildman–Crippen LogP) is 3.57. The van der Waals surface area contributed by atoms with Gasteiger partial charge in [-0.3, -0.25) is 4.90 Å². The highest BCUT2D eigenvalue weighted by molar-refractivity contribution is 5.34. The molecular weight excluding hydrogens is 217 g/mol. The molecule has 0 saturated carbocycles. The lowest BCUT2D eigenvalue weighted by Gasteiger charge is -2.26. The maximum absolute atomic E-state index is 12.9. The Hall–Kier alpha value is -1.09. The smallest absolute Gasteiger partial charge is 0.126 e. The molecule has 17 heavy (non-hydrogen) atoms. The molecule has 0 amide bonds. The molecule has 1 unspecified atom stereocenters. The number of halogens is 1. The van der Waals surface area contributed by atoms with Gasteiger partial charge in [0.25, 0.3) is 0 Å². The van der Waals surface area contributed by atoms with Crippen molar-refractivity contribution in [1.29, 1.82) is 0 Å². The summed E-state index contributed by atoms with van der Waals surface area (Å²) in [5, 5.41) is 9.72. The van der Waals surface area contributed by atoms with Crippen molar-refractivity contribution in [2.45, 2.75) is 33.2 Å². The van der Waals surface area contributed by atoms with Gasteiger partial charge in [-0.2, -0.15) is 0 Å². The molecule has 0 aliphatic rings. The summed E-state index contributed by atoms with van der Waals surface area (Å²) in [5.74, 6) is 0.295. The van der Waals surface area contributed by atoms with Crippen molar-refractivity contribution in [1.82, 2.24) is 4.90 Å². The Bertz CT molecular complexity index is 365. The number of rotatable bonds is 5. The van der Waals surface area contributed by atoms with E-state index in [4.69, 9.17) is 0 Å². The third-order valence-electron chi connectivity index (χ3n) is 3.16. The summed E-state index contributed by atoms with van der Waals surface area (Å²) in [4.78, 5) is 2.17. The number of phenolic OH excluding ortho intramolecular Hbond substituents is 1. The van der Waals surface area contributed by atoms with E-state index in [2.05, 4.69) is 18.7 Å². The number of phenols is 1. The highest BCUT2D eigenvalue weighted by Crippen LogP contribution is 2.28. The summed E-state index contributed by atoms with van der Waals surface area (Å²) < 4.78 is 12.9. The maximum atomic E-state index is 12.9. The summed E-state index contributed by atoms with van der Waals surface area (Å²) in [7, 11) is 2.02. The zero-order chi connectivity index (χ0) is 13.0. The molecule has 1 aromatic carbocycles. The monoisotopic (exact) mass is 239 g/mol. The molecule has 96 valence electrons. The average molecular weight is 239 g/mol. The van der Waals surface area contributed by atoms with Gasteiger partial charge in [-0.1, -0.05) is 19.9 Å². The lowest BCUT2D eigenvalue weighted by atomic mass is 10.0. The van der Waals surface area contributed by atoms with Gasteiger partial charge >= 0.3 is 0 Å². The Morgan fingerprint density at radius 2 is 1.94 bits per heavy atom. The van der Waals surface area contributed by atoms with Crippen LogP contribution in [0.5, 0.6) is 5.75 Å². The first-order valence-corrected chi connectivity index (χ1v) is 6.10. The Morgan fingerprint density at radius 1 is 1.29 bits per heavy atom.